The Kier molecular flexibility index (Phi) is 6.38. The molecule has 1 aromatic carbocycles. The van der Waals surface area contributed by atoms with Crippen molar-refractivity contribution >= 4 is 18.4 Å². The monoisotopic (exact) mass is 260 g/mol. The minimum atomic E-state index is -1.18. The van der Waals surface area contributed by atoms with Gasteiger partial charge in [0.1, 0.15) is 0 Å². The molecule has 1 rings (SSSR count). The summed E-state index contributed by atoms with van der Waals surface area (Å²) in [5, 5.41) is 10.4. The van der Waals surface area contributed by atoms with Gasteiger partial charge in [0, 0.05) is 18.4 Å². The van der Waals surface area contributed by atoms with Gasteiger partial charge in [0.25, 0.3) is 0 Å². The summed E-state index contributed by atoms with van der Waals surface area (Å²) in [6.07, 6.45) is -0.227. The van der Waals surface area contributed by atoms with Crippen LogP contribution in [0.2, 0.25) is 0 Å². The summed E-state index contributed by atoms with van der Waals surface area (Å²) < 4.78 is 10.1. The molecule has 96 valence electrons. The molecule has 0 radical (unpaired) electrons. The van der Waals surface area contributed by atoms with Crippen LogP contribution in [0.3, 0.4) is 0 Å². The second-order valence-electron chi connectivity index (χ2n) is 3.30. The molecule has 0 fully saturated rings. The van der Waals surface area contributed by atoms with Gasteiger partial charge in [-0.05, 0) is 17.7 Å². The lowest BCUT2D eigenvalue weighted by molar-refractivity contribution is -0.306. The molecule has 1 atom stereocenters. The van der Waals surface area contributed by atoms with Crippen LogP contribution in [0.1, 0.15) is 18.0 Å². The summed E-state index contributed by atoms with van der Waals surface area (Å²) in [7, 11) is 3.03. The number of hydrogen-bond donors (Lipinski definition) is 1. The van der Waals surface area contributed by atoms with Gasteiger partial charge >= 0.3 is 0 Å². The Bertz CT molecular complexity index is 384. The Labute approximate surface area is 106 Å². The zero-order valence-electron chi connectivity index (χ0n) is 9.64. The molecular formula is C11H15ClNO4-. The number of nitrogens with two attached hydrogens (primary N) is 1. The number of carboxylic acids is 1. The molecule has 0 spiro atoms. The number of carbonyl (C=O) groups is 1. The normalized spacial score (nSPS) is 11.2. The molecule has 0 bridgehead atoms. The number of carboxylic acid groups (broad SMARTS) is 1. The number of carbonyl (C=O) groups excluding carboxylic acids is 1. The van der Waals surface area contributed by atoms with E-state index in [-0.39, 0.29) is 18.8 Å². The van der Waals surface area contributed by atoms with Crippen LogP contribution in [0.4, 0.5) is 0 Å². The Balaban J connectivity index is 0.00000256. The number of aliphatic carboxylic acids is 1. The molecule has 1 aromatic rings. The van der Waals surface area contributed by atoms with Gasteiger partial charge in [0.2, 0.25) is 0 Å². The number of hydrogen-bond acceptors (Lipinski definition) is 5. The number of benzene rings is 1. The highest BCUT2D eigenvalue weighted by Gasteiger charge is 2.10. The Hall–Kier alpha value is -1.46. The van der Waals surface area contributed by atoms with Crippen LogP contribution in [-0.4, -0.2) is 20.2 Å². The highest BCUT2D eigenvalue weighted by Crippen LogP contribution is 2.29. The minimum Gasteiger partial charge on any atom is -0.550 e. The van der Waals surface area contributed by atoms with E-state index in [9.17, 15) is 9.90 Å². The van der Waals surface area contributed by atoms with Crippen molar-refractivity contribution < 1.29 is 19.4 Å². The average Bonchev–Trinajstić information content (AvgIpc) is 2.27. The van der Waals surface area contributed by atoms with E-state index in [1.165, 1.54) is 14.2 Å². The lowest BCUT2D eigenvalue weighted by Crippen LogP contribution is -2.27. The number of rotatable bonds is 5. The molecule has 0 heterocycles. The third-order valence-corrected chi connectivity index (χ3v) is 2.22. The first kappa shape index (κ1) is 15.5. The van der Waals surface area contributed by atoms with E-state index < -0.39 is 12.0 Å². The Morgan fingerprint density at radius 1 is 1.35 bits per heavy atom. The van der Waals surface area contributed by atoms with Gasteiger partial charge in [-0.15, -0.1) is 12.4 Å². The summed E-state index contributed by atoms with van der Waals surface area (Å²) in [5.41, 5.74) is 6.36. The second kappa shape index (κ2) is 6.98. The topological polar surface area (TPSA) is 84.6 Å². The Morgan fingerprint density at radius 2 is 1.94 bits per heavy atom. The molecular weight excluding hydrogens is 246 g/mol. The van der Waals surface area contributed by atoms with E-state index in [1.54, 1.807) is 18.2 Å². The van der Waals surface area contributed by atoms with E-state index >= 15 is 0 Å². The van der Waals surface area contributed by atoms with Gasteiger partial charge < -0.3 is 25.1 Å². The lowest BCUT2D eigenvalue weighted by Gasteiger charge is -2.15. The summed E-state index contributed by atoms with van der Waals surface area (Å²) in [4.78, 5) is 10.4. The van der Waals surface area contributed by atoms with E-state index in [4.69, 9.17) is 15.2 Å². The van der Waals surface area contributed by atoms with Crippen molar-refractivity contribution in [1.29, 1.82) is 0 Å². The Morgan fingerprint density at radius 3 is 2.41 bits per heavy atom. The fourth-order valence-corrected chi connectivity index (χ4v) is 1.38. The lowest BCUT2D eigenvalue weighted by atomic mass is 10.0. The first-order valence-corrected chi connectivity index (χ1v) is 4.75. The molecule has 2 N–H and O–H groups in total. The maximum Gasteiger partial charge on any atom is 0.161 e. The molecule has 17 heavy (non-hydrogen) atoms. The van der Waals surface area contributed by atoms with Crippen molar-refractivity contribution in [2.24, 2.45) is 5.73 Å². The second-order valence-corrected chi connectivity index (χ2v) is 3.30. The molecule has 6 heteroatoms. The smallest absolute Gasteiger partial charge is 0.161 e. The fourth-order valence-electron chi connectivity index (χ4n) is 1.38. The quantitative estimate of drug-likeness (QED) is 0.821. The molecule has 0 saturated carbocycles. The van der Waals surface area contributed by atoms with Crippen LogP contribution in [0, 0.1) is 0 Å². The van der Waals surface area contributed by atoms with Gasteiger partial charge in [0.05, 0.1) is 14.2 Å². The summed E-state index contributed by atoms with van der Waals surface area (Å²) >= 11 is 0. The van der Waals surface area contributed by atoms with E-state index in [0.29, 0.717) is 17.1 Å². The molecule has 0 unspecified atom stereocenters. The van der Waals surface area contributed by atoms with Gasteiger partial charge in [-0.2, -0.15) is 0 Å². The molecule has 0 amide bonds. The number of methoxy groups -OCH3 is 2. The van der Waals surface area contributed by atoms with Gasteiger partial charge in [-0.3, -0.25) is 0 Å². The van der Waals surface area contributed by atoms with Gasteiger partial charge in [-0.1, -0.05) is 6.07 Å². The average molecular weight is 261 g/mol. The van der Waals surface area contributed by atoms with E-state index in [1.807, 2.05) is 0 Å². The molecule has 0 aliphatic heterocycles. The largest absolute Gasteiger partial charge is 0.550 e. The van der Waals surface area contributed by atoms with Crippen LogP contribution in [0.5, 0.6) is 11.5 Å². The fraction of sp³-hybridized carbons (Fsp3) is 0.364. The number of ether oxygens (including phenoxy) is 2. The van der Waals surface area contributed by atoms with Gasteiger partial charge in [0.15, 0.2) is 11.5 Å². The third-order valence-electron chi connectivity index (χ3n) is 2.22. The molecule has 0 aliphatic rings. The van der Waals surface area contributed by atoms with Crippen LogP contribution in [0.25, 0.3) is 0 Å². The number of halogens is 1. The van der Waals surface area contributed by atoms with Gasteiger partial charge in [-0.25, -0.2) is 0 Å². The van der Waals surface area contributed by atoms with Crippen molar-refractivity contribution in [2.45, 2.75) is 12.5 Å². The van der Waals surface area contributed by atoms with Crippen LogP contribution < -0.4 is 20.3 Å². The summed E-state index contributed by atoms with van der Waals surface area (Å²) in [6.45, 7) is 0. The SMILES string of the molecule is COc1ccc([C@@H](N)CC(=O)[O-])cc1OC.Cl. The molecule has 0 saturated heterocycles. The molecule has 5 nitrogen and oxygen atoms in total. The zero-order valence-corrected chi connectivity index (χ0v) is 10.5. The first-order valence-electron chi connectivity index (χ1n) is 4.75. The van der Waals surface area contributed by atoms with Crippen molar-refractivity contribution in [1.82, 2.24) is 0 Å². The van der Waals surface area contributed by atoms with Crippen LogP contribution >= 0.6 is 12.4 Å². The molecule has 0 aromatic heterocycles. The van der Waals surface area contributed by atoms with Crippen molar-refractivity contribution in [3.05, 3.63) is 23.8 Å². The highest BCUT2D eigenvalue weighted by atomic mass is 35.5. The zero-order chi connectivity index (χ0) is 12.1. The van der Waals surface area contributed by atoms with E-state index in [2.05, 4.69) is 0 Å². The summed E-state index contributed by atoms with van der Waals surface area (Å²) in [5.74, 6) is -0.0806. The third kappa shape index (κ3) is 4.13. The highest BCUT2D eigenvalue weighted by molar-refractivity contribution is 5.85. The molecule has 0 aliphatic carbocycles. The summed E-state index contributed by atoms with van der Waals surface area (Å²) in [6, 6.07) is 4.44. The predicted molar refractivity (Wildman–Crippen MR) is 63.3 cm³/mol. The predicted octanol–water partition coefficient (Wildman–Crippen LogP) is 0.265. The minimum absolute atomic E-state index is 0. The van der Waals surface area contributed by atoms with E-state index in [0.717, 1.165) is 0 Å². The van der Waals surface area contributed by atoms with Crippen LogP contribution in [0.15, 0.2) is 18.2 Å². The van der Waals surface area contributed by atoms with Crippen molar-refractivity contribution in [3.8, 4) is 11.5 Å². The van der Waals surface area contributed by atoms with Crippen LogP contribution in [-0.2, 0) is 4.79 Å². The standard InChI is InChI=1S/C11H15NO4.ClH/c1-15-9-4-3-7(5-10(9)16-2)8(12)6-11(13)14;/h3-5,8H,6,12H2,1-2H3,(H,13,14);1H/p-1/t8-;/m0./s1. The maximum absolute atomic E-state index is 10.4. The van der Waals surface area contributed by atoms with Crippen molar-refractivity contribution in [3.63, 3.8) is 0 Å². The maximum atomic E-state index is 10.4. The van der Waals surface area contributed by atoms with Crippen molar-refractivity contribution in [2.75, 3.05) is 14.2 Å². The first-order chi connectivity index (χ1) is 7.58.